The number of nitrogens with zero attached hydrogens (tertiary/aromatic N) is 2. The quantitative estimate of drug-likeness (QED) is 0.708. The van der Waals surface area contributed by atoms with E-state index in [2.05, 4.69) is 13.5 Å². The van der Waals surface area contributed by atoms with Crippen molar-refractivity contribution < 1.29 is 14.4 Å². The van der Waals surface area contributed by atoms with Gasteiger partial charge in [-0.15, -0.1) is 0 Å². The largest absolute Gasteiger partial charge is 0.290 e. The van der Waals surface area contributed by atoms with Crippen LogP contribution < -0.4 is 0 Å². The zero-order chi connectivity index (χ0) is 16.4. The van der Waals surface area contributed by atoms with Crippen LogP contribution in [0.3, 0.4) is 0 Å². The Morgan fingerprint density at radius 3 is 2.55 bits per heavy atom. The third-order valence-electron chi connectivity index (χ3n) is 4.57. The second kappa shape index (κ2) is 6.46. The van der Waals surface area contributed by atoms with Gasteiger partial charge in [0.05, 0.1) is 0 Å². The fourth-order valence-electron chi connectivity index (χ4n) is 3.06. The van der Waals surface area contributed by atoms with Crippen LogP contribution >= 0.6 is 0 Å². The van der Waals surface area contributed by atoms with Gasteiger partial charge in [0.2, 0.25) is 11.8 Å². The molecule has 22 heavy (non-hydrogen) atoms. The molecule has 120 valence electrons. The predicted octanol–water partition coefficient (Wildman–Crippen LogP) is 2.45. The van der Waals surface area contributed by atoms with E-state index >= 15 is 0 Å². The Kier molecular flexibility index (Phi) is 4.84. The Morgan fingerprint density at radius 2 is 2.00 bits per heavy atom. The van der Waals surface area contributed by atoms with Crippen LogP contribution in [0.15, 0.2) is 23.9 Å². The molecule has 0 aromatic heterocycles. The molecule has 5 heteroatoms. The van der Waals surface area contributed by atoms with E-state index in [0.717, 1.165) is 19.3 Å². The Bertz CT molecular complexity index is 550. The molecular formula is C17H24N2O3. The number of rotatable bonds is 6. The standard InChI is InChI=1S/C17H24N2O3/c1-5-6-7-11(2)14-9-15(20)19(17(14)22)10-18-13(4)8-12(3)16(18)21/h8,11,14H,4-7,9-10H2,1-3H3. The van der Waals surface area contributed by atoms with Crippen LogP contribution in [0.25, 0.3) is 0 Å². The van der Waals surface area contributed by atoms with Crippen molar-refractivity contribution in [2.24, 2.45) is 11.8 Å². The summed E-state index contributed by atoms with van der Waals surface area (Å²) in [6.45, 7) is 9.63. The SMILES string of the molecule is C=C1C=C(C)C(=O)N1CN1C(=O)CC(C(C)CCCC)C1=O. The minimum atomic E-state index is -0.251. The number of carbonyl (C=O) groups is 3. The third kappa shape index (κ3) is 2.98. The van der Waals surface area contributed by atoms with E-state index in [9.17, 15) is 14.4 Å². The van der Waals surface area contributed by atoms with Crippen molar-refractivity contribution in [2.75, 3.05) is 6.67 Å². The highest BCUT2D eigenvalue weighted by atomic mass is 16.2. The van der Waals surface area contributed by atoms with Gasteiger partial charge in [0.15, 0.2) is 0 Å². The summed E-state index contributed by atoms with van der Waals surface area (Å²) in [6.07, 6.45) is 5.02. The molecule has 3 amide bonds. The topological polar surface area (TPSA) is 57.7 Å². The highest BCUT2D eigenvalue weighted by Crippen LogP contribution is 2.31. The first-order valence-electron chi connectivity index (χ1n) is 7.90. The zero-order valence-electron chi connectivity index (χ0n) is 13.6. The molecule has 0 aromatic rings. The van der Waals surface area contributed by atoms with Crippen molar-refractivity contribution in [3.8, 4) is 0 Å². The third-order valence-corrected chi connectivity index (χ3v) is 4.57. The average Bonchev–Trinajstić information content (AvgIpc) is 2.88. The van der Waals surface area contributed by atoms with Crippen LogP contribution in [0.2, 0.25) is 0 Å². The fourth-order valence-corrected chi connectivity index (χ4v) is 3.06. The van der Waals surface area contributed by atoms with E-state index in [1.54, 1.807) is 13.0 Å². The maximum Gasteiger partial charge on any atom is 0.255 e. The first kappa shape index (κ1) is 16.5. The summed E-state index contributed by atoms with van der Waals surface area (Å²) >= 11 is 0. The smallest absolute Gasteiger partial charge is 0.255 e. The van der Waals surface area contributed by atoms with E-state index < -0.39 is 0 Å². The lowest BCUT2D eigenvalue weighted by Crippen LogP contribution is -2.42. The van der Waals surface area contributed by atoms with Gasteiger partial charge in [0, 0.05) is 23.6 Å². The monoisotopic (exact) mass is 304 g/mol. The van der Waals surface area contributed by atoms with E-state index in [1.165, 1.54) is 9.80 Å². The summed E-state index contributed by atoms with van der Waals surface area (Å²) in [5.74, 6) is -0.590. The van der Waals surface area contributed by atoms with E-state index in [0.29, 0.717) is 11.3 Å². The summed E-state index contributed by atoms with van der Waals surface area (Å²) in [7, 11) is 0. The van der Waals surface area contributed by atoms with Crippen molar-refractivity contribution in [1.29, 1.82) is 0 Å². The molecule has 2 aliphatic rings. The molecule has 2 heterocycles. The van der Waals surface area contributed by atoms with Gasteiger partial charge in [-0.05, 0) is 25.3 Å². The van der Waals surface area contributed by atoms with Gasteiger partial charge in [-0.2, -0.15) is 0 Å². The van der Waals surface area contributed by atoms with Crippen molar-refractivity contribution in [3.05, 3.63) is 23.9 Å². The highest BCUT2D eigenvalue weighted by molar-refractivity contribution is 6.04. The summed E-state index contributed by atoms with van der Waals surface area (Å²) < 4.78 is 0. The molecule has 0 spiro atoms. The second-order valence-electron chi connectivity index (χ2n) is 6.28. The number of unbranched alkanes of at least 4 members (excludes halogenated alkanes) is 1. The maximum atomic E-state index is 12.5. The minimum absolute atomic E-state index is 0.0137. The zero-order valence-corrected chi connectivity index (χ0v) is 13.6. The molecule has 2 atom stereocenters. The number of likely N-dealkylation sites (tertiary alicyclic amines) is 1. The van der Waals surface area contributed by atoms with Crippen LogP contribution in [0.1, 0.15) is 46.5 Å². The van der Waals surface area contributed by atoms with Crippen molar-refractivity contribution in [3.63, 3.8) is 0 Å². The van der Waals surface area contributed by atoms with Gasteiger partial charge in [0.1, 0.15) is 6.67 Å². The van der Waals surface area contributed by atoms with Gasteiger partial charge in [0.25, 0.3) is 5.91 Å². The Hall–Kier alpha value is -1.91. The highest BCUT2D eigenvalue weighted by Gasteiger charge is 2.42. The molecule has 5 nitrogen and oxygen atoms in total. The molecule has 0 aliphatic carbocycles. The molecular weight excluding hydrogens is 280 g/mol. The maximum absolute atomic E-state index is 12.5. The van der Waals surface area contributed by atoms with Gasteiger partial charge in [-0.1, -0.05) is 33.3 Å². The minimum Gasteiger partial charge on any atom is -0.290 e. The normalized spacial score (nSPS) is 23.6. The van der Waals surface area contributed by atoms with Gasteiger partial charge in [-0.3, -0.25) is 24.2 Å². The average molecular weight is 304 g/mol. The fraction of sp³-hybridized carbons (Fsp3) is 0.588. The summed E-state index contributed by atoms with van der Waals surface area (Å²) in [5, 5.41) is 0. The summed E-state index contributed by atoms with van der Waals surface area (Å²) in [4.78, 5) is 39.3. The lowest BCUT2D eigenvalue weighted by Gasteiger charge is -2.24. The van der Waals surface area contributed by atoms with E-state index in [1.807, 2.05) is 6.92 Å². The van der Waals surface area contributed by atoms with Crippen LogP contribution in [0.5, 0.6) is 0 Å². The number of allylic oxidation sites excluding steroid dienone is 1. The molecule has 2 unspecified atom stereocenters. The van der Waals surface area contributed by atoms with E-state index in [-0.39, 0.29) is 42.6 Å². The van der Waals surface area contributed by atoms with Crippen molar-refractivity contribution >= 4 is 17.7 Å². The Morgan fingerprint density at radius 1 is 1.32 bits per heavy atom. The van der Waals surface area contributed by atoms with Gasteiger partial charge < -0.3 is 0 Å². The van der Waals surface area contributed by atoms with Crippen LogP contribution in [0, 0.1) is 11.8 Å². The van der Waals surface area contributed by atoms with Crippen LogP contribution in [-0.4, -0.2) is 34.2 Å². The molecule has 2 rings (SSSR count). The summed E-state index contributed by atoms with van der Waals surface area (Å²) in [6, 6.07) is 0. The Labute approximate surface area is 131 Å². The first-order chi connectivity index (χ1) is 10.4. The van der Waals surface area contributed by atoms with Crippen LogP contribution in [-0.2, 0) is 14.4 Å². The molecule has 0 bridgehead atoms. The molecule has 0 saturated carbocycles. The number of imide groups is 1. The number of hydrogen-bond donors (Lipinski definition) is 0. The van der Waals surface area contributed by atoms with Gasteiger partial charge in [-0.25, -0.2) is 0 Å². The summed E-state index contributed by atoms with van der Waals surface area (Å²) in [5.41, 5.74) is 1.11. The number of amides is 3. The lowest BCUT2D eigenvalue weighted by atomic mass is 9.88. The number of carbonyl (C=O) groups excluding carboxylic acids is 3. The predicted molar refractivity (Wildman–Crippen MR) is 83.3 cm³/mol. The molecule has 1 saturated heterocycles. The van der Waals surface area contributed by atoms with Crippen LogP contribution in [0.4, 0.5) is 0 Å². The van der Waals surface area contributed by atoms with Crippen molar-refractivity contribution in [1.82, 2.24) is 9.80 Å². The Balaban J connectivity index is 2.04. The second-order valence-corrected chi connectivity index (χ2v) is 6.28. The first-order valence-corrected chi connectivity index (χ1v) is 7.90. The molecule has 0 radical (unpaired) electrons. The van der Waals surface area contributed by atoms with Crippen molar-refractivity contribution in [2.45, 2.75) is 46.5 Å². The number of hydrogen-bond acceptors (Lipinski definition) is 3. The lowest BCUT2D eigenvalue weighted by molar-refractivity contribution is -0.143. The van der Waals surface area contributed by atoms with Gasteiger partial charge >= 0.3 is 0 Å². The van der Waals surface area contributed by atoms with E-state index in [4.69, 9.17) is 0 Å². The molecule has 1 fully saturated rings. The molecule has 0 N–H and O–H groups in total. The molecule has 0 aromatic carbocycles. The molecule has 2 aliphatic heterocycles.